The number of hydrogen-bond acceptors (Lipinski definition) is 4. The number of rotatable bonds is 4. The quantitative estimate of drug-likeness (QED) is 0.545. The normalized spacial score (nSPS) is 13.3. The molecule has 114 valence electrons. The molecule has 0 aliphatic carbocycles. The van der Waals surface area contributed by atoms with Gasteiger partial charge in [0.1, 0.15) is 10.7 Å². The summed E-state index contributed by atoms with van der Waals surface area (Å²) in [5, 5.41) is -0.0000679. The summed E-state index contributed by atoms with van der Waals surface area (Å²) in [7, 11) is -4.15. The molecule has 0 amide bonds. The summed E-state index contributed by atoms with van der Waals surface area (Å²) in [5.41, 5.74) is 5.12. The molecule has 10 heteroatoms. The second-order valence-corrected chi connectivity index (χ2v) is 7.10. The highest BCUT2D eigenvalue weighted by molar-refractivity contribution is 9.10. The molecular formula is C11H11BrClFN4O2S. The third-order valence-corrected chi connectivity index (χ3v) is 5.63. The summed E-state index contributed by atoms with van der Waals surface area (Å²) >= 11 is 8.81. The van der Waals surface area contributed by atoms with Gasteiger partial charge in [0.15, 0.2) is 5.82 Å². The van der Waals surface area contributed by atoms with E-state index in [1.165, 1.54) is 6.20 Å². The fourth-order valence-electron chi connectivity index (χ4n) is 1.66. The maximum absolute atomic E-state index is 14.1. The van der Waals surface area contributed by atoms with Crippen LogP contribution in [0.2, 0.25) is 5.02 Å². The van der Waals surface area contributed by atoms with Crippen molar-refractivity contribution in [1.82, 2.24) is 14.7 Å². The van der Waals surface area contributed by atoms with Crippen LogP contribution in [0.25, 0.3) is 0 Å². The first-order valence-electron chi connectivity index (χ1n) is 5.68. The first-order chi connectivity index (χ1) is 9.74. The van der Waals surface area contributed by atoms with E-state index in [0.717, 1.165) is 6.07 Å². The smallest absolute Gasteiger partial charge is 0.244 e. The second-order valence-electron chi connectivity index (χ2n) is 4.22. The number of benzene rings is 1. The monoisotopic (exact) mass is 396 g/mol. The standard InChI is InChI=1S/C11H11BrClFN4O2S/c1-5(11-16-2-3-17-11)18-21(19,20)7-4-6(13)8(12)10(15)9(7)14/h2-5,18H,15H2,1H3,(H,16,17). The third-order valence-electron chi connectivity index (χ3n) is 2.71. The van der Waals surface area contributed by atoms with Gasteiger partial charge in [0.2, 0.25) is 10.0 Å². The Labute approximate surface area is 134 Å². The number of nitrogens with two attached hydrogens (primary N) is 1. The molecule has 0 bridgehead atoms. The molecule has 0 aliphatic heterocycles. The van der Waals surface area contributed by atoms with E-state index >= 15 is 0 Å². The van der Waals surface area contributed by atoms with Gasteiger partial charge in [-0.1, -0.05) is 11.6 Å². The van der Waals surface area contributed by atoms with Crippen LogP contribution < -0.4 is 10.5 Å². The van der Waals surface area contributed by atoms with Gasteiger partial charge in [-0.2, -0.15) is 0 Å². The van der Waals surface area contributed by atoms with Crippen LogP contribution >= 0.6 is 27.5 Å². The van der Waals surface area contributed by atoms with Gasteiger partial charge in [-0.15, -0.1) is 0 Å². The average molecular weight is 398 g/mol. The first-order valence-corrected chi connectivity index (χ1v) is 8.34. The molecule has 2 aromatic rings. The number of nitrogens with one attached hydrogen (secondary N) is 2. The summed E-state index contributed by atoms with van der Waals surface area (Å²) in [5.74, 6) is -0.666. The van der Waals surface area contributed by atoms with Crippen molar-refractivity contribution in [2.45, 2.75) is 17.9 Å². The fraction of sp³-hybridized carbons (Fsp3) is 0.182. The highest BCUT2D eigenvalue weighted by Gasteiger charge is 2.26. The largest absolute Gasteiger partial charge is 0.395 e. The third kappa shape index (κ3) is 3.20. The summed E-state index contributed by atoms with van der Waals surface area (Å²) in [6.45, 7) is 1.57. The Balaban J connectivity index is 2.41. The Hall–Kier alpha value is -1.16. The van der Waals surface area contributed by atoms with Crippen molar-refractivity contribution < 1.29 is 12.8 Å². The van der Waals surface area contributed by atoms with E-state index in [1.54, 1.807) is 13.1 Å². The number of nitrogen functional groups attached to an aromatic ring is 1. The van der Waals surface area contributed by atoms with Gasteiger partial charge >= 0.3 is 0 Å². The lowest BCUT2D eigenvalue weighted by molar-refractivity contribution is 0.544. The first kappa shape index (κ1) is 16.2. The number of sulfonamides is 1. The number of imidazole rings is 1. The van der Waals surface area contributed by atoms with Crippen LogP contribution in [0.1, 0.15) is 18.8 Å². The Morgan fingerprint density at radius 2 is 2.24 bits per heavy atom. The highest BCUT2D eigenvalue weighted by Crippen LogP contribution is 2.34. The van der Waals surface area contributed by atoms with Crippen LogP contribution in [0, 0.1) is 5.82 Å². The van der Waals surface area contributed by atoms with Gasteiger partial charge in [-0.25, -0.2) is 22.5 Å². The Morgan fingerprint density at radius 3 is 2.81 bits per heavy atom. The van der Waals surface area contributed by atoms with Crippen molar-refractivity contribution in [3.63, 3.8) is 0 Å². The molecular weight excluding hydrogens is 387 g/mol. The Kier molecular flexibility index (Phi) is 4.57. The minimum atomic E-state index is -4.15. The van der Waals surface area contributed by atoms with Crippen LogP contribution in [0.3, 0.4) is 0 Å². The maximum atomic E-state index is 14.1. The summed E-state index contributed by atoms with van der Waals surface area (Å²) < 4.78 is 41.0. The molecule has 1 aromatic carbocycles. The maximum Gasteiger partial charge on any atom is 0.244 e. The number of H-pyrrole nitrogens is 1. The van der Waals surface area contributed by atoms with Crippen molar-refractivity contribution in [2.75, 3.05) is 5.73 Å². The minimum Gasteiger partial charge on any atom is -0.395 e. The molecule has 0 radical (unpaired) electrons. The predicted molar refractivity (Wildman–Crippen MR) is 80.8 cm³/mol. The van der Waals surface area contributed by atoms with E-state index in [0.29, 0.717) is 5.82 Å². The summed E-state index contributed by atoms with van der Waals surface area (Å²) in [6.07, 6.45) is 3.03. The number of aromatic nitrogens is 2. The molecule has 0 aliphatic rings. The Bertz CT molecular complexity index is 767. The number of nitrogens with zero attached hydrogens (tertiary/aromatic N) is 1. The van der Waals surface area contributed by atoms with Crippen LogP contribution in [0.4, 0.5) is 10.1 Å². The van der Waals surface area contributed by atoms with Gasteiger partial charge in [0.05, 0.1) is 21.2 Å². The van der Waals surface area contributed by atoms with Crippen molar-refractivity contribution in [3.8, 4) is 0 Å². The van der Waals surface area contributed by atoms with E-state index in [2.05, 4.69) is 30.6 Å². The molecule has 1 unspecified atom stereocenters. The molecule has 0 spiro atoms. The van der Waals surface area contributed by atoms with Crippen molar-refractivity contribution in [2.24, 2.45) is 0 Å². The summed E-state index contributed by atoms with van der Waals surface area (Å²) in [4.78, 5) is 6.08. The fourth-order valence-corrected chi connectivity index (χ4v) is 3.55. The van der Waals surface area contributed by atoms with Crippen molar-refractivity contribution >= 4 is 43.2 Å². The van der Waals surface area contributed by atoms with Gasteiger partial charge < -0.3 is 10.7 Å². The zero-order valence-electron chi connectivity index (χ0n) is 10.7. The topological polar surface area (TPSA) is 101 Å². The second kappa shape index (κ2) is 5.91. The van der Waals surface area contributed by atoms with E-state index in [9.17, 15) is 12.8 Å². The molecule has 1 atom stereocenters. The van der Waals surface area contributed by atoms with E-state index in [1.807, 2.05) is 0 Å². The zero-order chi connectivity index (χ0) is 15.8. The van der Waals surface area contributed by atoms with Crippen LogP contribution in [0.15, 0.2) is 27.8 Å². The molecule has 1 heterocycles. The molecule has 0 saturated carbocycles. The lowest BCUT2D eigenvalue weighted by Gasteiger charge is -2.14. The Morgan fingerprint density at radius 1 is 1.57 bits per heavy atom. The van der Waals surface area contributed by atoms with Crippen LogP contribution in [-0.2, 0) is 10.0 Å². The highest BCUT2D eigenvalue weighted by atomic mass is 79.9. The van der Waals surface area contributed by atoms with E-state index in [4.69, 9.17) is 17.3 Å². The van der Waals surface area contributed by atoms with E-state index in [-0.39, 0.29) is 15.2 Å². The molecule has 0 fully saturated rings. The molecule has 21 heavy (non-hydrogen) atoms. The number of hydrogen-bond donors (Lipinski definition) is 3. The van der Waals surface area contributed by atoms with Crippen molar-refractivity contribution in [1.29, 1.82) is 0 Å². The van der Waals surface area contributed by atoms with Crippen LogP contribution in [0.5, 0.6) is 0 Å². The SMILES string of the molecule is CC(NS(=O)(=O)c1cc(Cl)c(Br)c(N)c1F)c1ncc[nH]1. The van der Waals surface area contributed by atoms with Crippen molar-refractivity contribution in [3.05, 3.63) is 39.6 Å². The average Bonchev–Trinajstić information content (AvgIpc) is 2.94. The molecule has 4 N–H and O–H groups in total. The number of halogens is 3. The van der Waals surface area contributed by atoms with E-state index < -0.39 is 26.8 Å². The lowest BCUT2D eigenvalue weighted by Crippen LogP contribution is -2.28. The zero-order valence-corrected chi connectivity index (χ0v) is 13.9. The van der Waals surface area contributed by atoms with Gasteiger partial charge in [-0.3, -0.25) is 0 Å². The molecule has 6 nitrogen and oxygen atoms in total. The van der Waals surface area contributed by atoms with Gasteiger partial charge in [-0.05, 0) is 28.9 Å². The summed E-state index contributed by atoms with van der Waals surface area (Å²) in [6, 6.07) is 0.321. The predicted octanol–water partition coefficient (Wildman–Crippen LogP) is 2.59. The molecule has 0 saturated heterocycles. The number of anilines is 1. The molecule has 2 rings (SSSR count). The van der Waals surface area contributed by atoms with Crippen LogP contribution in [-0.4, -0.2) is 18.4 Å². The van der Waals surface area contributed by atoms with Gasteiger partial charge in [0.25, 0.3) is 0 Å². The minimum absolute atomic E-state index is 0.0000679. The number of aromatic amines is 1. The molecule has 1 aromatic heterocycles. The lowest BCUT2D eigenvalue weighted by atomic mass is 10.3. The van der Waals surface area contributed by atoms with Gasteiger partial charge in [0, 0.05) is 12.4 Å².